The fourth-order valence-electron chi connectivity index (χ4n) is 3.43. The molecule has 1 aliphatic heterocycles. The first-order chi connectivity index (χ1) is 15.7. The van der Waals surface area contributed by atoms with Crippen LogP contribution in [0.2, 0.25) is 0 Å². The van der Waals surface area contributed by atoms with Gasteiger partial charge in [0.05, 0.1) is 17.3 Å². The van der Waals surface area contributed by atoms with Crippen LogP contribution in [0.15, 0.2) is 66.4 Å². The van der Waals surface area contributed by atoms with E-state index in [9.17, 15) is 9.18 Å². The van der Waals surface area contributed by atoms with E-state index in [2.05, 4.69) is 46.9 Å². The van der Waals surface area contributed by atoms with E-state index in [1.54, 1.807) is 12.1 Å². The SMILES string of the molecule is Cc1cc(CC(=O)NC2=CC(C(C)(C)C)=CNN2)ccc1Oc1ncnc2ccc(F)cc12. The third kappa shape index (κ3) is 5.28. The predicted octanol–water partition coefficient (Wildman–Crippen LogP) is 4.41. The molecule has 0 radical (unpaired) electrons. The number of aromatic nitrogens is 2. The molecule has 0 aliphatic carbocycles. The normalized spacial score (nSPS) is 13.5. The van der Waals surface area contributed by atoms with Gasteiger partial charge in [-0.2, -0.15) is 0 Å². The lowest BCUT2D eigenvalue weighted by Gasteiger charge is -2.26. The van der Waals surface area contributed by atoms with Gasteiger partial charge in [-0.05, 0) is 59.4 Å². The smallest absolute Gasteiger partial charge is 0.230 e. The van der Waals surface area contributed by atoms with Crippen LogP contribution < -0.4 is 20.9 Å². The van der Waals surface area contributed by atoms with Gasteiger partial charge in [0.1, 0.15) is 23.7 Å². The number of carbonyl (C=O) groups is 1. The summed E-state index contributed by atoms with van der Waals surface area (Å²) in [6.07, 6.45) is 5.39. The Balaban J connectivity index is 1.45. The molecule has 2 aromatic carbocycles. The van der Waals surface area contributed by atoms with Gasteiger partial charge in [-0.1, -0.05) is 32.9 Å². The number of allylic oxidation sites excluding steroid dienone is 2. The standard InChI is InChI=1S/C25H26FN5O2/c1-15-9-16(10-23(32)30-22-11-17(13-29-31-22)25(2,3)4)5-8-21(15)33-24-19-12-18(26)6-7-20(19)27-14-28-24/h5-9,11-14,29,31H,10H2,1-4H3,(H,30,32). The topological polar surface area (TPSA) is 88.2 Å². The molecule has 1 aliphatic rings. The number of hydrogen-bond acceptors (Lipinski definition) is 6. The van der Waals surface area contributed by atoms with Gasteiger partial charge in [-0.25, -0.2) is 14.4 Å². The number of aryl methyl sites for hydroxylation is 1. The highest BCUT2D eigenvalue weighted by Gasteiger charge is 2.19. The molecule has 170 valence electrons. The van der Waals surface area contributed by atoms with Gasteiger partial charge < -0.3 is 15.5 Å². The largest absolute Gasteiger partial charge is 0.438 e. The highest BCUT2D eigenvalue weighted by molar-refractivity contribution is 5.83. The first-order valence-corrected chi connectivity index (χ1v) is 10.6. The van der Waals surface area contributed by atoms with Gasteiger partial charge >= 0.3 is 0 Å². The van der Waals surface area contributed by atoms with Crippen LogP contribution in [-0.4, -0.2) is 15.9 Å². The summed E-state index contributed by atoms with van der Waals surface area (Å²) in [7, 11) is 0. The number of halogens is 1. The minimum Gasteiger partial charge on any atom is -0.438 e. The number of nitrogens with one attached hydrogen (secondary N) is 3. The van der Waals surface area contributed by atoms with E-state index in [0.29, 0.717) is 22.5 Å². The lowest BCUT2D eigenvalue weighted by molar-refractivity contribution is -0.119. The Morgan fingerprint density at radius 2 is 1.97 bits per heavy atom. The van der Waals surface area contributed by atoms with Crippen molar-refractivity contribution in [2.75, 3.05) is 0 Å². The van der Waals surface area contributed by atoms with Crippen molar-refractivity contribution in [3.05, 3.63) is 83.3 Å². The van der Waals surface area contributed by atoms with Crippen LogP contribution in [-0.2, 0) is 11.2 Å². The molecule has 0 spiro atoms. The summed E-state index contributed by atoms with van der Waals surface area (Å²) < 4.78 is 19.6. The van der Waals surface area contributed by atoms with Crippen LogP contribution in [0.25, 0.3) is 10.9 Å². The molecule has 0 unspecified atom stereocenters. The van der Waals surface area contributed by atoms with Crippen LogP contribution >= 0.6 is 0 Å². The number of carbonyl (C=O) groups excluding carboxylic acids is 1. The number of hydrogen-bond donors (Lipinski definition) is 3. The fraction of sp³-hybridized carbons (Fsp3) is 0.240. The van der Waals surface area contributed by atoms with E-state index in [1.165, 1.54) is 18.5 Å². The van der Waals surface area contributed by atoms with Gasteiger partial charge in [-0.15, -0.1) is 0 Å². The highest BCUT2D eigenvalue weighted by Crippen LogP contribution is 2.30. The zero-order valence-corrected chi connectivity index (χ0v) is 19.0. The lowest BCUT2D eigenvalue weighted by atomic mass is 9.86. The number of fused-ring (bicyclic) bond motifs is 1. The second kappa shape index (κ2) is 8.90. The number of rotatable bonds is 5. The zero-order valence-electron chi connectivity index (χ0n) is 19.0. The van der Waals surface area contributed by atoms with Gasteiger partial charge in [0.25, 0.3) is 0 Å². The number of amides is 1. The summed E-state index contributed by atoms with van der Waals surface area (Å²) in [5.41, 5.74) is 9.22. The maximum Gasteiger partial charge on any atom is 0.230 e. The molecule has 0 saturated carbocycles. The summed E-state index contributed by atoms with van der Waals surface area (Å²) >= 11 is 0. The molecule has 4 rings (SSSR count). The minimum absolute atomic E-state index is 0.0429. The quantitative estimate of drug-likeness (QED) is 0.537. The Kier molecular flexibility index (Phi) is 6.00. The monoisotopic (exact) mass is 447 g/mol. The molecule has 0 bridgehead atoms. The molecule has 0 fully saturated rings. The molecule has 1 aromatic heterocycles. The number of nitrogens with zero attached hydrogens (tertiary/aromatic N) is 2. The van der Waals surface area contributed by atoms with Crippen molar-refractivity contribution in [1.29, 1.82) is 0 Å². The average Bonchev–Trinajstić information content (AvgIpc) is 2.75. The molecule has 0 atom stereocenters. The van der Waals surface area contributed by atoms with E-state index >= 15 is 0 Å². The van der Waals surface area contributed by atoms with E-state index in [-0.39, 0.29) is 29.4 Å². The molecule has 1 amide bonds. The molecule has 33 heavy (non-hydrogen) atoms. The van der Waals surface area contributed by atoms with Gasteiger partial charge in [0.2, 0.25) is 11.8 Å². The molecule has 3 N–H and O–H groups in total. The predicted molar refractivity (Wildman–Crippen MR) is 124 cm³/mol. The van der Waals surface area contributed by atoms with Crippen molar-refractivity contribution in [3.8, 4) is 11.6 Å². The molecular weight excluding hydrogens is 421 g/mol. The van der Waals surface area contributed by atoms with Crippen LogP contribution in [0.5, 0.6) is 11.6 Å². The summed E-state index contributed by atoms with van der Waals surface area (Å²) in [6, 6.07) is 9.78. The van der Waals surface area contributed by atoms with E-state index in [1.807, 2.05) is 31.3 Å². The van der Waals surface area contributed by atoms with Gasteiger partial charge in [-0.3, -0.25) is 10.2 Å². The first-order valence-electron chi connectivity index (χ1n) is 10.6. The van der Waals surface area contributed by atoms with Crippen molar-refractivity contribution in [3.63, 3.8) is 0 Å². The van der Waals surface area contributed by atoms with Crippen LogP contribution in [0.4, 0.5) is 4.39 Å². The van der Waals surface area contributed by atoms with E-state index < -0.39 is 0 Å². The summed E-state index contributed by atoms with van der Waals surface area (Å²) in [6.45, 7) is 8.20. The maximum absolute atomic E-state index is 13.7. The molecule has 2 heterocycles. The van der Waals surface area contributed by atoms with Crippen LogP contribution in [0.1, 0.15) is 31.9 Å². The van der Waals surface area contributed by atoms with Gasteiger partial charge in [0.15, 0.2) is 0 Å². The molecular formula is C25H26FN5O2. The summed E-state index contributed by atoms with van der Waals surface area (Å²) in [5, 5.41) is 3.38. The lowest BCUT2D eigenvalue weighted by Crippen LogP contribution is -2.40. The molecule has 0 saturated heterocycles. The number of ether oxygens (including phenoxy) is 1. The number of benzene rings is 2. The van der Waals surface area contributed by atoms with E-state index in [4.69, 9.17) is 4.74 Å². The summed E-state index contributed by atoms with van der Waals surface area (Å²) in [4.78, 5) is 20.9. The van der Waals surface area contributed by atoms with Crippen molar-refractivity contribution in [2.24, 2.45) is 5.41 Å². The summed E-state index contributed by atoms with van der Waals surface area (Å²) in [5.74, 6) is 0.925. The van der Waals surface area contributed by atoms with Crippen molar-refractivity contribution in [1.82, 2.24) is 26.1 Å². The zero-order chi connectivity index (χ0) is 23.6. The van der Waals surface area contributed by atoms with Crippen molar-refractivity contribution in [2.45, 2.75) is 34.1 Å². The third-order valence-corrected chi connectivity index (χ3v) is 5.25. The first kappa shape index (κ1) is 22.3. The van der Waals surface area contributed by atoms with Crippen LogP contribution in [0.3, 0.4) is 0 Å². The molecule has 7 nitrogen and oxygen atoms in total. The van der Waals surface area contributed by atoms with Crippen molar-refractivity contribution < 1.29 is 13.9 Å². The van der Waals surface area contributed by atoms with Crippen molar-refractivity contribution >= 4 is 16.8 Å². The van der Waals surface area contributed by atoms with E-state index in [0.717, 1.165) is 16.7 Å². The fourth-order valence-corrected chi connectivity index (χ4v) is 3.43. The Morgan fingerprint density at radius 3 is 2.73 bits per heavy atom. The molecule has 8 heteroatoms. The Hall–Kier alpha value is -3.94. The maximum atomic E-state index is 13.7. The minimum atomic E-state index is -0.386. The van der Waals surface area contributed by atoms with Crippen LogP contribution in [0, 0.1) is 18.2 Å². The second-order valence-corrected chi connectivity index (χ2v) is 8.94. The molecule has 3 aromatic rings. The Labute approximate surface area is 191 Å². The Morgan fingerprint density at radius 1 is 1.15 bits per heavy atom. The highest BCUT2D eigenvalue weighted by atomic mass is 19.1. The number of hydrazine groups is 1. The average molecular weight is 448 g/mol. The second-order valence-electron chi connectivity index (χ2n) is 8.94. The third-order valence-electron chi connectivity index (χ3n) is 5.25. The Bertz CT molecular complexity index is 1280. The van der Waals surface area contributed by atoms with Gasteiger partial charge in [0, 0.05) is 6.20 Å².